The highest BCUT2D eigenvalue weighted by Crippen LogP contribution is 2.21. The Kier molecular flexibility index (Phi) is 4.17. The molecule has 2 nitrogen and oxygen atoms in total. The summed E-state index contributed by atoms with van der Waals surface area (Å²) in [6.45, 7) is 0. The monoisotopic (exact) mass is 264 g/mol. The Bertz CT molecular complexity index is 442. The number of allylic oxidation sites excluding steroid dienone is 6. The normalized spacial score (nSPS) is 17.3. The summed E-state index contributed by atoms with van der Waals surface area (Å²) in [5.74, 6) is -2.84. The Balaban J connectivity index is 2.88. The summed E-state index contributed by atoms with van der Waals surface area (Å²) in [6, 6.07) is 0. The highest BCUT2D eigenvalue weighted by molar-refractivity contribution is 6.31. The van der Waals surface area contributed by atoms with Gasteiger partial charge in [0.15, 0.2) is 0 Å². The molecule has 0 aromatic carbocycles. The number of alkyl halides is 3. The molecule has 17 heavy (non-hydrogen) atoms. The number of ketones is 1. The molecule has 0 aromatic rings. The first-order valence-electron chi connectivity index (χ1n) is 4.57. The molecule has 1 rings (SSSR count). The fourth-order valence-corrected chi connectivity index (χ4v) is 1.24. The van der Waals surface area contributed by atoms with Crippen LogP contribution >= 0.6 is 11.6 Å². The van der Waals surface area contributed by atoms with Crippen molar-refractivity contribution >= 4 is 17.4 Å². The maximum atomic E-state index is 11.9. The van der Waals surface area contributed by atoms with E-state index in [0.717, 1.165) is 0 Å². The van der Waals surface area contributed by atoms with Crippen molar-refractivity contribution in [2.75, 3.05) is 0 Å². The van der Waals surface area contributed by atoms with E-state index in [1.807, 2.05) is 0 Å². The number of carbonyl (C=O) groups excluding carboxylic acids is 1. The molecule has 1 aliphatic rings. The van der Waals surface area contributed by atoms with Crippen LogP contribution in [0.15, 0.2) is 46.7 Å². The molecule has 6 heteroatoms. The van der Waals surface area contributed by atoms with Crippen molar-refractivity contribution in [1.29, 1.82) is 0 Å². The van der Waals surface area contributed by atoms with E-state index < -0.39 is 17.7 Å². The van der Waals surface area contributed by atoms with Crippen LogP contribution in [0.4, 0.5) is 13.2 Å². The van der Waals surface area contributed by atoms with Crippen molar-refractivity contribution in [3.05, 3.63) is 46.7 Å². The minimum absolute atomic E-state index is 0.120. The largest absolute Gasteiger partial charge is 0.507 e. The van der Waals surface area contributed by atoms with Gasteiger partial charge in [-0.2, -0.15) is 13.2 Å². The highest BCUT2D eigenvalue weighted by Gasteiger charge is 2.37. The lowest BCUT2D eigenvalue weighted by atomic mass is 10.1. The summed E-state index contributed by atoms with van der Waals surface area (Å²) in [7, 11) is 0. The van der Waals surface area contributed by atoms with E-state index >= 15 is 0 Å². The first-order chi connectivity index (χ1) is 7.80. The number of aliphatic hydroxyl groups excluding tert-OH is 1. The zero-order chi connectivity index (χ0) is 13.1. The zero-order valence-electron chi connectivity index (χ0n) is 8.46. The van der Waals surface area contributed by atoms with Gasteiger partial charge in [-0.15, -0.1) is 0 Å². The van der Waals surface area contributed by atoms with Gasteiger partial charge in [-0.25, -0.2) is 0 Å². The van der Waals surface area contributed by atoms with Crippen molar-refractivity contribution in [3.8, 4) is 0 Å². The van der Waals surface area contributed by atoms with Crippen LogP contribution in [0.1, 0.15) is 6.42 Å². The van der Waals surface area contributed by atoms with Crippen LogP contribution in [0.2, 0.25) is 0 Å². The number of hydrogen-bond acceptors (Lipinski definition) is 2. The van der Waals surface area contributed by atoms with Crippen LogP contribution in [-0.2, 0) is 4.79 Å². The minimum atomic E-state index is -4.99. The molecule has 0 saturated carbocycles. The van der Waals surface area contributed by atoms with Crippen molar-refractivity contribution in [3.63, 3.8) is 0 Å². The highest BCUT2D eigenvalue weighted by atomic mass is 35.5. The second-order valence-corrected chi connectivity index (χ2v) is 3.65. The van der Waals surface area contributed by atoms with Gasteiger partial charge in [0.25, 0.3) is 5.78 Å². The third-order valence-electron chi connectivity index (χ3n) is 1.92. The average Bonchev–Trinajstić information content (AvgIpc) is 2.41. The van der Waals surface area contributed by atoms with Crippen LogP contribution in [0.5, 0.6) is 0 Å². The molecule has 1 N–H and O–H groups in total. The van der Waals surface area contributed by atoms with Crippen LogP contribution in [-0.4, -0.2) is 17.1 Å². The van der Waals surface area contributed by atoms with E-state index in [4.69, 9.17) is 11.6 Å². The van der Waals surface area contributed by atoms with E-state index in [-0.39, 0.29) is 11.6 Å². The molecule has 0 aliphatic heterocycles. The van der Waals surface area contributed by atoms with Gasteiger partial charge in [0.1, 0.15) is 5.76 Å². The maximum Gasteiger partial charge on any atom is 0.454 e. The lowest BCUT2D eigenvalue weighted by Gasteiger charge is -2.03. The van der Waals surface area contributed by atoms with E-state index in [9.17, 15) is 23.1 Å². The number of aliphatic hydroxyl groups is 1. The maximum absolute atomic E-state index is 11.9. The summed E-state index contributed by atoms with van der Waals surface area (Å²) in [5, 5.41) is 9.78. The number of rotatable bonds is 2. The Labute approximate surface area is 100 Å². The lowest BCUT2D eigenvalue weighted by molar-refractivity contribution is -0.165. The van der Waals surface area contributed by atoms with Crippen molar-refractivity contribution in [2.24, 2.45) is 0 Å². The molecule has 0 heterocycles. The zero-order valence-corrected chi connectivity index (χ0v) is 9.22. The molecule has 92 valence electrons. The van der Waals surface area contributed by atoms with Gasteiger partial charge < -0.3 is 5.11 Å². The fourth-order valence-electron chi connectivity index (χ4n) is 1.08. The third kappa shape index (κ3) is 4.11. The molecular weight excluding hydrogens is 257 g/mol. The summed E-state index contributed by atoms with van der Waals surface area (Å²) in [6.07, 6.45) is 1.35. The van der Waals surface area contributed by atoms with Crippen LogP contribution in [0.3, 0.4) is 0 Å². The van der Waals surface area contributed by atoms with Gasteiger partial charge >= 0.3 is 6.18 Å². The lowest BCUT2D eigenvalue weighted by Crippen LogP contribution is -2.20. The van der Waals surface area contributed by atoms with Crippen molar-refractivity contribution in [2.45, 2.75) is 12.6 Å². The molecule has 0 unspecified atom stereocenters. The van der Waals surface area contributed by atoms with Gasteiger partial charge in [0.2, 0.25) is 0 Å². The molecular formula is C11H8ClF3O2. The molecule has 1 aliphatic carbocycles. The first kappa shape index (κ1) is 13.6. The summed E-state index contributed by atoms with van der Waals surface area (Å²) < 4.78 is 35.8. The van der Waals surface area contributed by atoms with Crippen molar-refractivity contribution < 1.29 is 23.1 Å². The average molecular weight is 265 g/mol. The topological polar surface area (TPSA) is 37.3 Å². The van der Waals surface area contributed by atoms with Crippen LogP contribution < -0.4 is 0 Å². The quantitative estimate of drug-likeness (QED) is 0.611. The molecule has 0 saturated heterocycles. The Morgan fingerprint density at radius 1 is 1.35 bits per heavy atom. The SMILES string of the molecule is O=C(C=C(O)C1=CCC=C(Cl)C=C1)C(F)(F)F. The molecule has 0 radical (unpaired) electrons. The van der Waals surface area contributed by atoms with Gasteiger partial charge in [-0.05, 0) is 12.5 Å². The fraction of sp³-hybridized carbons (Fsp3) is 0.182. The second-order valence-electron chi connectivity index (χ2n) is 3.21. The molecule has 0 aromatic heterocycles. The van der Waals surface area contributed by atoms with E-state index in [0.29, 0.717) is 11.5 Å². The third-order valence-corrected chi connectivity index (χ3v) is 2.20. The predicted molar refractivity (Wildman–Crippen MR) is 57.5 cm³/mol. The standard InChI is InChI=1S/C11H8ClF3O2/c12-8-3-1-2-7(4-5-8)9(16)6-10(17)11(13,14)15/h2-6,16H,1H2. The smallest absolute Gasteiger partial charge is 0.454 e. The Morgan fingerprint density at radius 3 is 2.59 bits per heavy atom. The predicted octanol–water partition coefficient (Wildman–Crippen LogP) is 3.57. The van der Waals surface area contributed by atoms with Crippen molar-refractivity contribution in [1.82, 2.24) is 0 Å². The second kappa shape index (κ2) is 5.23. The van der Waals surface area contributed by atoms with E-state index in [2.05, 4.69) is 0 Å². The van der Waals surface area contributed by atoms with Gasteiger partial charge in [-0.1, -0.05) is 29.8 Å². The van der Waals surface area contributed by atoms with Crippen LogP contribution in [0, 0.1) is 0 Å². The Morgan fingerprint density at radius 2 is 2.00 bits per heavy atom. The van der Waals surface area contributed by atoms with Gasteiger partial charge in [0, 0.05) is 16.7 Å². The van der Waals surface area contributed by atoms with E-state index in [1.54, 1.807) is 6.08 Å². The van der Waals surface area contributed by atoms with Gasteiger partial charge in [0.05, 0.1) is 0 Å². The number of carbonyl (C=O) groups is 1. The summed E-state index contributed by atoms with van der Waals surface area (Å²) in [4.78, 5) is 10.6. The first-order valence-corrected chi connectivity index (χ1v) is 4.94. The number of halogens is 4. The van der Waals surface area contributed by atoms with Crippen LogP contribution in [0.25, 0.3) is 0 Å². The number of hydrogen-bond donors (Lipinski definition) is 1. The molecule has 0 atom stereocenters. The Hall–Kier alpha value is -1.49. The molecule has 0 bridgehead atoms. The van der Waals surface area contributed by atoms with E-state index in [1.165, 1.54) is 18.2 Å². The summed E-state index contributed by atoms with van der Waals surface area (Å²) in [5.41, 5.74) is 0.120. The summed E-state index contributed by atoms with van der Waals surface area (Å²) >= 11 is 5.66. The molecule has 0 amide bonds. The van der Waals surface area contributed by atoms with Gasteiger partial charge in [-0.3, -0.25) is 4.79 Å². The molecule has 0 spiro atoms. The minimum Gasteiger partial charge on any atom is -0.507 e. The molecule has 0 fully saturated rings.